The zero-order chi connectivity index (χ0) is 11.2. The first-order chi connectivity index (χ1) is 6.41. The minimum absolute atomic E-state index is 0. The molecule has 1 aromatic rings. The Morgan fingerprint density at radius 1 is 1.27 bits per heavy atom. The molecule has 0 saturated carbocycles. The maximum Gasteiger partial charge on any atom is 1.00 e. The Morgan fingerprint density at radius 2 is 1.60 bits per heavy atom. The normalized spacial score (nSPS) is 9.60. The van der Waals surface area contributed by atoms with Gasteiger partial charge in [0.05, 0.1) is 4.90 Å². The van der Waals surface area contributed by atoms with Crippen LogP contribution in [0.3, 0.4) is 0 Å². The molecular weight excluding hydrogens is 227 g/mol. The van der Waals surface area contributed by atoms with Gasteiger partial charge < -0.3 is 9.66 Å². The van der Waals surface area contributed by atoms with E-state index in [1.165, 1.54) is 12.1 Å². The topological polar surface area (TPSA) is 77.4 Å². The second-order valence-electron chi connectivity index (χ2n) is 2.58. The Morgan fingerprint density at radius 3 is 1.87 bits per heavy atom. The summed E-state index contributed by atoms with van der Waals surface area (Å²) in [4.78, 5) is -0.178. The van der Waals surface area contributed by atoms with Crippen LogP contribution in [0.4, 0.5) is 0 Å². The van der Waals surface area contributed by atoms with Gasteiger partial charge in [0.1, 0.15) is 10.1 Å². The van der Waals surface area contributed by atoms with E-state index in [1.54, 1.807) is 19.1 Å². The molecule has 1 aromatic carbocycles. The van der Waals surface area contributed by atoms with Gasteiger partial charge in [0.25, 0.3) is 0 Å². The summed E-state index contributed by atoms with van der Waals surface area (Å²) in [7, 11) is -4.27. The van der Waals surface area contributed by atoms with E-state index in [1.807, 2.05) is 6.92 Å². The molecule has 0 aromatic heterocycles. The van der Waals surface area contributed by atoms with Gasteiger partial charge in [0.15, 0.2) is 0 Å². The van der Waals surface area contributed by atoms with E-state index in [4.69, 9.17) is 5.11 Å². The fraction of sp³-hybridized carbons (Fsp3) is 0.333. The molecule has 0 aliphatic rings. The molecule has 1 N–H and O–H groups in total. The van der Waals surface area contributed by atoms with Crippen molar-refractivity contribution >= 4 is 10.1 Å². The van der Waals surface area contributed by atoms with Crippen LogP contribution in [-0.2, 0) is 10.1 Å². The van der Waals surface area contributed by atoms with Gasteiger partial charge >= 0.3 is 29.6 Å². The van der Waals surface area contributed by atoms with Crippen molar-refractivity contribution in [3.8, 4) is 0 Å². The largest absolute Gasteiger partial charge is 1.00 e. The summed E-state index contributed by atoms with van der Waals surface area (Å²) in [6.07, 6.45) is 0. The summed E-state index contributed by atoms with van der Waals surface area (Å²) in [5.41, 5.74) is 0.928. The zero-order valence-electron chi connectivity index (χ0n) is 9.10. The molecule has 15 heavy (non-hydrogen) atoms. The van der Waals surface area contributed by atoms with Gasteiger partial charge in [-0.3, -0.25) is 0 Å². The van der Waals surface area contributed by atoms with Crippen LogP contribution in [-0.4, -0.2) is 24.7 Å². The number of hydrogen-bond acceptors (Lipinski definition) is 4. The van der Waals surface area contributed by atoms with Crippen LogP contribution in [0.1, 0.15) is 12.5 Å². The van der Waals surface area contributed by atoms with Crippen LogP contribution in [0.2, 0.25) is 0 Å². The monoisotopic (exact) mass is 240 g/mol. The predicted octanol–water partition coefficient (Wildman–Crippen LogP) is -2.10. The Hall–Kier alpha value is 0.0900. The fourth-order valence-electron chi connectivity index (χ4n) is 0.705. The first-order valence-electron chi connectivity index (χ1n) is 4.05. The maximum absolute atomic E-state index is 10.4. The Bertz CT molecular complexity index is 358. The third-order valence-corrected chi connectivity index (χ3v) is 2.16. The van der Waals surface area contributed by atoms with Crippen molar-refractivity contribution in [3.05, 3.63) is 29.8 Å². The quantitative estimate of drug-likeness (QED) is 0.450. The molecule has 6 heteroatoms. The predicted molar refractivity (Wildman–Crippen MR) is 51.9 cm³/mol. The van der Waals surface area contributed by atoms with Crippen LogP contribution >= 0.6 is 0 Å². The molecule has 0 aliphatic heterocycles. The molecule has 0 amide bonds. The summed E-state index contributed by atoms with van der Waals surface area (Å²) in [6.45, 7) is 3.75. The molecule has 0 atom stereocenters. The van der Waals surface area contributed by atoms with Crippen LogP contribution in [0, 0.1) is 6.92 Å². The smallest absolute Gasteiger partial charge is 0.744 e. The molecule has 0 fully saturated rings. The number of aliphatic hydroxyl groups excluding tert-OH is 1. The summed E-state index contributed by atoms with van der Waals surface area (Å²) in [6, 6.07) is 5.78. The molecule has 80 valence electrons. The minimum Gasteiger partial charge on any atom is -0.744 e. The third-order valence-electron chi connectivity index (χ3n) is 1.31. The molecule has 0 unspecified atom stereocenters. The first-order valence-corrected chi connectivity index (χ1v) is 5.46. The van der Waals surface area contributed by atoms with Crippen molar-refractivity contribution in [1.82, 2.24) is 0 Å². The fourth-order valence-corrected chi connectivity index (χ4v) is 1.17. The molecule has 0 spiro atoms. The van der Waals surface area contributed by atoms with E-state index in [2.05, 4.69) is 0 Å². The van der Waals surface area contributed by atoms with E-state index < -0.39 is 10.1 Å². The van der Waals surface area contributed by atoms with Gasteiger partial charge in [-0.15, -0.1) is 0 Å². The summed E-state index contributed by atoms with van der Waals surface area (Å²) in [5, 5.41) is 7.57. The zero-order valence-corrected chi connectivity index (χ0v) is 11.9. The van der Waals surface area contributed by atoms with E-state index in [0.717, 1.165) is 5.56 Å². The molecule has 4 nitrogen and oxygen atoms in total. The van der Waals surface area contributed by atoms with Crippen molar-refractivity contribution in [2.75, 3.05) is 6.61 Å². The van der Waals surface area contributed by atoms with E-state index in [-0.39, 0.29) is 41.1 Å². The Labute approximate surface area is 112 Å². The molecule has 1 rings (SSSR count). The molecule has 0 heterocycles. The van der Waals surface area contributed by atoms with E-state index in [9.17, 15) is 13.0 Å². The van der Waals surface area contributed by atoms with Crippen LogP contribution in [0.15, 0.2) is 29.2 Å². The van der Waals surface area contributed by atoms with Gasteiger partial charge in [0.2, 0.25) is 0 Å². The van der Waals surface area contributed by atoms with Crippen molar-refractivity contribution in [3.63, 3.8) is 0 Å². The number of hydrogen-bond donors (Lipinski definition) is 1. The number of aliphatic hydroxyl groups is 1. The van der Waals surface area contributed by atoms with Gasteiger partial charge in [-0.1, -0.05) is 17.7 Å². The summed E-state index contributed by atoms with van der Waals surface area (Å²) in [5.74, 6) is 0. The number of rotatable bonds is 1. The Kier molecular flexibility index (Phi) is 9.63. The minimum atomic E-state index is -4.27. The van der Waals surface area contributed by atoms with Crippen molar-refractivity contribution in [2.45, 2.75) is 18.7 Å². The first kappa shape index (κ1) is 17.5. The van der Waals surface area contributed by atoms with Crippen molar-refractivity contribution < 1.29 is 47.6 Å². The van der Waals surface area contributed by atoms with Crippen LogP contribution in [0.25, 0.3) is 0 Å². The third kappa shape index (κ3) is 7.96. The second kappa shape index (κ2) is 8.27. The van der Waals surface area contributed by atoms with Crippen LogP contribution < -0.4 is 29.6 Å². The molecular formula is C9H13NaO4S. The Balaban J connectivity index is 0. The average Bonchev–Trinajstić information content (AvgIpc) is 2.04. The molecule has 0 bridgehead atoms. The van der Waals surface area contributed by atoms with E-state index >= 15 is 0 Å². The van der Waals surface area contributed by atoms with Crippen molar-refractivity contribution in [1.29, 1.82) is 0 Å². The molecule has 0 saturated heterocycles. The van der Waals surface area contributed by atoms with Gasteiger partial charge in [-0.25, -0.2) is 8.42 Å². The number of aryl methyl sites for hydroxylation is 1. The average molecular weight is 240 g/mol. The van der Waals surface area contributed by atoms with E-state index in [0.29, 0.717) is 0 Å². The SMILES string of the molecule is CCO.Cc1ccc(S(=O)(=O)[O-])cc1.[Na+]. The van der Waals surface area contributed by atoms with Gasteiger partial charge in [-0.05, 0) is 26.0 Å². The maximum atomic E-state index is 10.4. The second-order valence-corrected chi connectivity index (χ2v) is 3.96. The molecule has 0 aliphatic carbocycles. The van der Waals surface area contributed by atoms with Crippen molar-refractivity contribution in [2.24, 2.45) is 0 Å². The molecule has 0 radical (unpaired) electrons. The van der Waals surface area contributed by atoms with Crippen LogP contribution in [0.5, 0.6) is 0 Å². The standard InChI is InChI=1S/C7H8O3S.C2H6O.Na/c1-6-2-4-7(5-3-6)11(8,9)10;1-2-3;/h2-5H,1H3,(H,8,9,10);3H,2H2,1H3;/q;;+1/p-1. The van der Waals surface area contributed by atoms with Gasteiger partial charge in [-0.2, -0.15) is 0 Å². The summed E-state index contributed by atoms with van der Waals surface area (Å²) < 4.78 is 31.2. The summed E-state index contributed by atoms with van der Waals surface area (Å²) >= 11 is 0. The number of benzene rings is 1. The van der Waals surface area contributed by atoms with Gasteiger partial charge in [0, 0.05) is 6.61 Å².